The van der Waals surface area contributed by atoms with Gasteiger partial charge >= 0.3 is 5.97 Å². The minimum Gasteiger partial charge on any atom is -0.480 e. The average Bonchev–Trinajstić information content (AvgIpc) is 2.20. The van der Waals surface area contributed by atoms with Crippen LogP contribution in [0.2, 0.25) is 5.02 Å². The third-order valence-electron chi connectivity index (χ3n) is 2.20. The van der Waals surface area contributed by atoms with Crippen LogP contribution in [0, 0.1) is 6.92 Å². The number of aliphatic carboxylic acids is 1. The molecule has 7 heteroatoms. The van der Waals surface area contributed by atoms with Crippen molar-refractivity contribution < 1.29 is 18.3 Å². The maximum absolute atomic E-state index is 12.0. The standard InChI is InChI=1S/C10H12ClNO4S/c1-7-5-8(3-4-9(7)11)17(15,16)12(2)6-10(13)14/h3-5H,6H2,1-2H3,(H,13,14). The number of carbonyl (C=O) groups is 1. The summed E-state index contributed by atoms with van der Waals surface area (Å²) in [7, 11) is -2.56. The van der Waals surface area contributed by atoms with Gasteiger partial charge in [0, 0.05) is 12.1 Å². The molecule has 17 heavy (non-hydrogen) atoms. The number of halogens is 1. The minimum atomic E-state index is -3.78. The van der Waals surface area contributed by atoms with E-state index in [2.05, 4.69) is 0 Å². The van der Waals surface area contributed by atoms with Gasteiger partial charge in [0.25, 0.3) is 0 Å². The van der Waals surface area contributed by atoms with Crippen LogP contribution in [-0.4, -0.2) is 37.4 Å². The number of benzene rings is 1. The zero-order valence-corrected chi connectivity index (χ0v) is 10.9. The van der Waals surface area contributed by atoms with Crippen molar-refractivity contribution in [1.29, 1.82) is 0 Å². The Hall–Kier alpha value is -1.11. The van der Waals surface area contributed by atoms with Crippen molar-refractivity contribution in [3.63, 3.8) is 0 Å². The maximum atomic E-state index is 12.0. The lowest BCUT2D eigenvalue weighted by Gasteiger charge is -2.15. The molecule has 1 N–H and O–H groups in total. The number of hydrogen-bond donors (Lipinski definition) is 1. The average molecular weight is 278 g/mol. The predicted molar refractivity (Wildman–Crippen MR) is 63.6 cm³/mol. The Morgan fingerprint density at radius 2 is 2.06 bits per heavy atom. The quantitative estimate of drug-likeness (QED) is 0.901. The number of rotatable bonds is 4. The molecule has 0 fully saturated rings. The molecule has 5 nitrogen and oxygen atoms in total. The molecule has 1 aromatic carbocycles. The summed E-state index contributed by atoms with van der Waals surface area (Å²) in [5.41, 5.74) is 0.622. The van der Waals surface area contributed by atoms with Gasteiger partial charge in [-0.25, -0.2) is 8.42 Å². The first kappa shape index (κ1) is 14.0. The monoisotopic (exact) mass is 277 g/mol. The van der Waals surface area contributed by atoms with E-state index in [1.165, 1.54) is 25.2 Å². The fraction of sp³-hybridized carbons (Fsp3) is 0.300. The molecule has 94 valence electrons. The molecule has 0 saturated heterocycles. The van der Waals surface area contributed by atoms with E-state index in [0.29, 0.717) is 10.6 Å². The highest BCUT2D eigenvalue weighted by molar-refractivity contribution is 7.89. The molecule has 0 saturated carbocycles. The van der Waals surface area contributed by atoms with Gasteiger partial charge in [-0.05, 0) is 30.7 Å². The van der Waals surface area contributed by atoms with Crippen LogP contribution in [0.4, 0.5) is 0 Å². The van der Waals surface area contributed by atoms with Gasteiger partial charge in [0.15, 0.2) is 0 Å². The second-order valence-electron chi connectivity index (χ2n) is 3.57. The van der Waals surface area contributed by atoms with E-state index < -0.39 is 22.5 Å². The first-order chi connectivity index (χ1) is 7.75. The number of carboxylic acid groups (broad SMARTS) is 1. The third-order valence-corrected chi connectivity index (χ3v) is 4.42. The summed E-state index contributed by atoms with van der Waals surface area (Å²) >= 11 is 5.79. The molecule has 1 rings (SSSR count). The van der Waals surface area contributed by atoms with E-state index in [1.54, 1.807) is 6.92 Å². The molecule has 0 aliphatic carbocycles. The Morgan fingerprint density at radius 3 is 2.53 bits per heavy atom. The summed E-state index contributed by atoms with van der Waals surface area (Å²) < 4.78 is 24.7. The summed E-state index contributed by atoms with van der Waals surface area (Å²) in [5, 5.41) is 9.03. The highest BCUT2D eigenvalue weighted by Gasteiger charge is 2.22. The van der Waals surface area contributed by atoms with Crippen LogP contribution in [0.5, 0.6) is 0 Å². The summed E-state index contributed by atoms with van der Waals surface area (Å²) in [5.74, 6) is -1.21. The van der Waals surface area contributed by atoms with Crippen molar-refractivity contribution in [1.82, 2.24) is 4.31 Å². The van der Waals surface area contributed by atoms with E-state index in [4.69, 9.17) is 16.7 Å². The molecule has 0 aliphatic rings. The molecule has 1 aromatic rings. The molecule has 0 spiro atoms. The number of carboxylic acids is 1. The largest absolute Gasteiger partial charge is 0.480 e. The van der Waals surface area contributed by atoms with Crippen molar-refractivity contribution in [2.24, 2.45) is 0 Å². The maximum Gasteiger partial charge on any atom is 0.318 e. The second-order valence-corrected chi connectivity index (χ2v) is 6.02. The van der Waals surface area contributed by atoms with Crippen LogP contribution in [0.25, 0.3) is 0 Å². The summed E-state index contributed by atoms with van der Waals surface area (Å²) in [4.78, 5) is 10.5. The predicted octanol–water partition coefficient (Wildman–Crippen LogP) is 1.35. The number of likely N-dealkylation sites (N-methyl/N-ethyl adjacent to an activating group) is 1. The Labute approximate surface area is 105 Å². The number of nitrogens with zero attached hydrogens (tertiary/aromatic N) is 1. The minimum absolute atomic E-state index is 0.0307. The fourth-order valence-electron chi connectivity index (χ4n) is 1.23. The van der Waals surface area contributed by atoms with Crippen molar-refractivity contribution >= 4 is 27.6 Å². The van der Waals surface area contributed by atoms with Crippen LogP contribution in [0.15, 0.2) is 23.1 Å². The third kappa shape index (κ3) is 3.18. The zero-order chi connectivity index (χ0) is 13.2. The highest BCUT2D eigenvalue weighted by Crippen LogP contribution is 2.21. The van der Waals surface area contributed by atoms with Crippen LogP contribution >= 0.6 is 11.6 Å². The molecule has 0 aliphatic heterocycles. The Balaban J connectivity index is 3.13. The van der Waals surface area contributed by atoms with Crippen LogP contribution < -0.4 is 0 Å². The summed E-state index contributed by atoms with van der Waals surface area (Å²) in [6, 6.07) is 4.23. The smallest absolute Gasteiger partial charge is 0.318 e. The van der Waals surface area contributed by atoms with Gasteiger partial charge in [-0.2, -0.15) is 4.31 Å². The lowest BCUT2D eigenvalue weighted by Crippen LogP contribution is -2.32. The molecular weight excluding hydrogens is 266 g/mol. The van der Waals surface area contributed by atoms with Crippen LogP contribution in [0.3, 0.4) is 0 Å². The number of hydrogen-bond acceptors (Lipinski definition) is 3. The fourth-order valence-corrected chi connectivity index (χ4v) is 2.56. The molecule has 0 unspecified atom stereocenters. The molecule has 0 amide bonds. The van der Waals surface area contributed by atoms with Gasteiger partial charge in [0.2, 0.25) is 10.0 Å². The Kier molecular flexibility index (Phi) is 4.13. The molecule has 0 heterocycles. The molecule has 0 aromatic heterocycles. The molecular formula is C10H12ClNO4S. The van der Waals surface area contributed by atoms with E-state index >= 15 is 0 Å². The molecule has 0 radical (unpaired) electrons. The van der Waals surface area contributed by atoms with Gasteiger partial charge in [0.05, 0.1) is 4.90 Å². The first-order valence-corrected chi connectivity index (χ1v) is 6.51. The SMILES string of the molecule is Cc1cc(S(=O)(=O)N(C)CC(=O)O)ccc1Cl. The van der Waals surface area contributed by atoms with Gasteiger partial charge < -0.3 is 5.11 Å². The van der Waals surface area contributed by atoms with Crippen LogP contribution in [0.1, 0.15) is 5.56 Å². The van der Waals surface area contributed by atoms with Crippen molar-refractivity contribution in [3.8, 4) is 0 Å². The topological polar surface area (TPSA) is 74.7 Å². The van der Waals surface area contributed by atoms with Crippen molar-refractivity contribution in [2.45, 2.75) is 11.8 Å². The van der Waals surface area contributed by atoms with Crippen LogP contribution in [-0.2, 0) is 14.8 Å². The Morgan fingerprint density at radius 1 is 1.47 bits per heavy atom. The lowest BCUT2D eigenvalue weighted by atomic mass is 10.2. The van der Waals surface area contributed by atoms with E-state index in [1.807, 2.05) is 0 Å². The van der Waals surface area contributed by atoms with E-state index in [9.17, 15) is 13.2 Å². The highest BCUT2D eigenvalue weighted by atomic mass is 35.5. The van der Waals surface area contributed by atoms with E-state index in [-0.39, 0.29) is 4.90 Å². The Bertz CT molecular complexity index is 541. The number of aryl methyl sites for hydroxylation is 1. The van der Waals surface area contributed by atoms with Gasteiger partial charge in [0.1, 0.15) is 6.54 Å². The summed E-state index contributed by atoms with van der Waals surface area (Å²) in [6.07, 6.45) is 0. The van der Waals surface area contributed by atoms with Gasteiger partial charge in [-0.15, -0.1) is 0 Å². The molecule has 0 atom stereocenters. The molecule has 0 bridgehead atoms. The van der Waals surface area contributed by atoms with Gasteiger partial charge in [-0.3, -0.25) is 4.79 Å². The lowest BCUT2D eigenvalue weighted by molar-refractivity contribution is -0.137. The van der Waals surface area contributed by atoms with Crippen molar-refractivity contribution in [3.05, 3.63) is 28.8 Å². The second kappa shape index (κ2) is 5.03. The van der Waals surface area contributed by atoms with Gasteiger partial charge in [-0.1, -0.05) is 11.6 Å². The first-order valence-electron chi connectivity index (χ1n) is 4.69. The summed E-state index contributed by atoms with van der Waals surface area (Å²) in [6.45, 7) is 1.10. The zero-order valence-electron chi connectivity index (χ0n) is 9.34. The number of sulfonamides is 1. The van der Waals surface area contributed by atoms with Crippen molar-refractivity contribution in [2.75, 3.05) is 13.6 Å². The van der Waals surface area contributed by atoms with E-state index in [0.717, 1.165) is 4.31 Å². The normalized spacial score (nSPS) is 11.8.